The van der Waals surface area contributed by atoms with Crippen LogP contribution in [0.15, 0.2) is 17.0 Å². The highest BCUT2D eigenvalue weighted by molar-refractivity contribution is 7.89. The fourth-order valence-electron chi connectivity index (χ4n) is 3.43. The molecule has 0 radical (unpaired) electrons. The summed E-state index contributed by atoms with van der Waals surface area (Å²) in [5.41, 5.74) is 2.43. The molecule has 0 unspecified atom stereocenters. The van der Waals surface area contributed by atoms with Gasteiger partial charge in [0, 0.05) is 13.1 Å². The zero-order chi connectivity index (χ0) is 17.5. The monoisotopic (exact) mass is 352 g/mol. The van der Waals surface area contributed by atoms with Crippen molar-refractivity contribution in [3.8, 4) is 0 Å². The molecule has 7 nitrogen and oxygen atoms in total. The van der Waals surface area contributed by atoms with Crippen molar-refractivity contribution in [2.24, 2.45) is 0 Å². The van der Waals surface area contributed by atoms with E-state index in [1.807, 2.05) is 0 Å². The SMILES string of the molecule is CCCN(CC(=O)O)S(=O)(=O)c1cc2c3c(c1)CC(=O)N3CCC2. The lowest BCUT2D eigenvalue weighted by molar-refractivity contribution is -0.137. The van der Waals surface area contributed by atoms with Gasteiger partial charge in [-0.3, -0.25) is 9.59 Å². The van der Waals surface area contributed by atoms with E-state index in [1.54, 1.807) is 17.9 Å². The van der Waals surface area contributed by atoms with Crippen molar-refractivity contribution in [3.05, 3.63) is 23.3 Å². The highest BCUT2D eigenvalue weighted by Gasteiger charge is 2.35. The third-order valence-corrected chi connectivity index (χ3v) is 6.23. The third-order valence-electron chi connectivity index (χ3n) is 4.40. The molecule has 2 aliphatic rings. The maximum Gasteiger partial charge on any atom is 0.318 e. The Kier molecular flexibility index (Phi) is 4.35. The van der Waals surface area contributed by atoms with E-state index in [0.29, 0.717) is 13.0 Å². The molecule has 3 rings (SSSR count). The molecule has 130 valence electrons. The van der Waals surface area contributed by atoms with E-state index in [4.69, 9.17) is 5.11 Å². The van der Waals surface area contributed by atoms with Crippen LogP contribution in [0.1, 0.15) is 30.9 Å². The number of anilines is 1. The topological polar surface area (TPSA) is 95.0 Å². The summed E-state index contributed by atoms with van der Waals surface area (Å²) in [5.74, 6) is -1.19. The average molecular weight is 352 g/mol. The highest BCUT2D eigenvalue weighted by Crippen LogP contribution is 2.38. The van der Waals surface area contributed by atoms with Gasteiger partial charge in [0.25, 0.3) is 0 Å². The molecule has 2 heterocycles. The first kappa shape index (κ1) is 16.9. The minimum Gasteiger partial charge on any atom is -0.480 e. The number of benzene rings is 1. The summed E-state index contributed by atoms with van der Waals surface area (Å²) in [6.45, 7) is 2.05. The summed E-state index contributed by atoms with van der Waals surface area (Å²) in [6.07, 6.45) is 2.26. The summed E-state index contributed by atoms with van der Waals surface area (Å²) in [4.78, 5) is 24.9. The quantitative estimate of drug-likeness (QED) is 0.824. The van der Waals surface area contributed by atoms with Gasteiger partial charge in [-0.15, -0.1) is 0 Å². The van der Waals surface area contributed by atoms with Crippen molar-refractivity contribution < 1.29 is 23.1 Å². The number of rotatable bonds is 6. The maximum atomic E-state index is 12.9. The van der Waals surface area contributed by atoms with Gasteiger partial charge in [0.15, 0.2) is 0 Å². The number of carboxylic acid groups (broad SMARTS) is 1. The molecular formula is C16H20N2O5S. The summed E-state index contributed by atoms with van der Waals surface area (Å²) in [5, 5.41) is 9.00. The minimum atomic E-state index is -3.90. The minimum absolute atomic E-state index is 0.00329. The normalized spacial score (nSPS) is 16.6. The molecule has 0 aliphatic carbocycles. The number of aryl methyl sites for hydroxylation is 1. The maximum absolute atomic E-state index is 12.9. The van der Waals surface area contributed by atoms with Gasteiger partial charge in [-0.05, 0) is 42.5 Å². The van der Waals surface area contributed by atoms with Gasteiger partial charge in [0.1, 0.15) is 6.54 Å². The second kappa shape index (κ2) is 6.18. The van der Waals surface area contributed by atoms with Crippen LogP contribution >= 0.6 is 0 Å². The van der Waals surface area contributed by atoms with Crippen molar-refractivity contribution in [1.82, 2.24) is 4.31 Å². The molecule has 2 aliphatic heterocycles. The van der Waals surface area contributed by atoms with Gasteiger partial charge >= 0.3 is 5.97 Å². The number of carbonyl (C=O) groups is 2. The number of aliphatic carboxylic acids is 1. The Bertz CT molecular complexity index is 803. The Hall–Kier alpha value is -1.93. The lowest BCUT2D eigenvalue weighted by atomic mass is 10.0. The van der Waals surface area contributed by atoms with Gasteiger partial charge in [-0.2, -0.15) is 4.31 Å². The van der Waals surface area contributed by atoms with Crippen LogP contribution in [0.4, 0.5) is 5.69 Å². The number of carbonyl (C=O) groups excluding carboxylic acids is 1. The highest BCUT2D eigenvalue weighted by atomic mass is 32.2. The van der Waals surface area contributed by atoms with E-state index in [9.17, 15) is 18.0 Å². The second-order valence-corrected chi connectivity index (χ2v) is 8.09. The van der Waals surface area contributed by atoms with E-state index in [-0.39, 0.29) is 23.8 Å². The van der Waals surface area contributed by atoms with Crippen LogP contribution in [0, 0.1) is 0 Å². The Balaban J connectivity index is 2.05. The predicted molar refractivity (Wildman–Crippen MR) is 87.5 cm³/mol. The Morgan fingerprint density at radius 1 is 1.33 bits per heavy atom. The molecular weight excluding hydrogens is 332 g/mol. The van der Waals surface area contributed by atoms with E-state index >= 15 is 0 Å². The third kappa shape index (κ3) is 2.80. The number of carboxylic acids is 1. The van der Waals surface area contributed by atoms with Crippen LogP contribution in [-0.4, -0.2) is 49.3 Å². The van der Waals surface area contributed by atoms with Gasteiger partial charge < -0.3 is 10.0 Å². The molecule has 0 bridgehead atoms. The molecule has 1 N–H and O–H groups in total. The van der Waals surface area contributed by atoms with Gasteiger partial charge in [-0.25, -0.2) is 8.42 Å². The molecule has 1 amide bonds. The van der Waals surface area contributed by atoms with E-state index in [2.05, 4.69) is 0 Å². The lowest BCUT2D eigenvalue weighted by Gasteiger charge is -2.27. The molecule has 24 heavy (non-hydrogen) atoms. The molecule has 1 aromatic rings. The molecule has 8 heteroatoms. The summed E-state index contributed by atoms with van der Waals surface area (Å²) < 4.78 is 26.7. The van der Waals surface area contributed by atoms with E-state index < -0.39 is 22.5 Å². The molecule has 0 fully saturated rings. The number of hydrogen-bond donors (Lipinski definition) is 1. The molecule has 1 aromatic carbocycles. The van der Waals surface area contributed by atoms with Gasteiger partial charge in [-0.1, -0.05) is 6.92 Å². The van der Waals surface area contributed by atoms with Gasteiger partial charge in [0.05, 0.1) is 17.0 Å². The number of nitrogens with zero attached hydrogens (tertiary/aromatic N) is 2. The first-order valence-electron chi connectivity index (χ1n) is 8.02. The largest absolute Gasteiger partial charge is 0.480 e. The Morgan fingerprint density at radius 2 is 2.04 bits per heavy atom. The second-order valence-electron chi connectivity index (χ2n) is 6.15. The first-order valence-corrected chi connectivity index (χ1v) is 9.46. The van der Waals surface area contributed by atoms with Crippen LogP contribution in [0.25, 0.3) is 0 Å². The lowest BCUT2D eigenvalue weighted by Crippen LogP contribution is -2.36. The number of hydrogen-bond acceptors (Lipinski definition) is 4. The summed E-state index contributed by atoms with van der Waals surface area (Å²) in [6, 6.07) is 3.13. The fourth-order valence-corrected chi connectivity index (χ4v) is 5.01. The first-order chi connectivity index (χ1) is 11.3. The van der Waals surface area contributed by atoms with Crippen molar-refractivity contribution in [2.75, 3.05) is 24.5 Å². The van der Waals surface area contributed by atoms with Crippen LogP contribution in [0.5, 0.6) is 0 Å². The molecule has 0 saturated heterocycles. The van der Waals surface area contributed by atoms with Crippen LogP contribution in [0.3, 0.4) is 0 Å². The zero-order valence-electron chi connectivity index (χ0n) is 13.5. The Morgan fingerprint density at radius 3 is 2.71 bits per heavy atom. The smallest absolute Gasteiger partial charge is 0.318 e. The van der Waals surface area contributed by atoms with E-state index in [0.717, 1.165) is 34.0 Å². The van der Waals surface area contributed by atoms with E-state index in [1.165, 1.54) is 6.07 Å². The summed E-state index contributed by atoms with van der Waals surface area (Å²) >= 11 is 0. The summed E-state index contributed by atoms with van der Waals surface area (Å²) in [7, 11) is -3.90. The van der Waals surface area contributed by atoms with Crippen molar-refractivity contribution in [3.63, 3.8) is 0 Å². The molecule has 0 spiro atoms. The van der Waals surface area contributed by atoms with Crippen molar-refractivity contribution in [1.29, 1.82) is 0 Å². The average Bonchev–Trinajstić information content (AvgIpc) is 2.84. The van der Waals surface area contributed by atoms with Crippen molar-refractivity contribution >= 4 is 27.6 Å². The van der Waals surface area contributed by atoms with Crippen LogP contribution < -0.4 is 4.90 Å². The van der Waals surface area contributed by atoms with Crippen LogP contribution in [-0.2, 0) is 32.5 Å². The molecule has 0 saturated carbocycles. The number of amides is 1. The van der Waals surface area contributed by atoms with Crippen LogP contribution in [0.2, 0.25) is 0 Å². The molecule has 0 aromatic heterocycles. The predicted octanol–water partition coefficient (Wildman–Crippen LogP) is 1.01. The fraction of sp³-hybridized carbons (Fsp3) is 0.500. The number of sulfonamides is 1. The van der Waals surface area contributed by atoms with Gasteiger partial charge in [0.2, 0.25) is 15.9 Å². The zero-order valence-corrected chi connectivity index (χ0v) is 14.3. The van der Waals surface area contributed by atoms with Crippen molar-refractivity contribution in [2.45, 2.75) is 37.5 Å². The standard InChI is InChI=1S/C16H20N2O5S/c1-2-5-17(10-15(20)21)24(22,23)13-7-11-4-3-6-18-14(19)9-12(8-13)16(11)18/h7-8H,2-6,9-10H2,1H3,(H,20,21). The molecule has 0 atom stereocenters. The Labute approximate surface area is 140 Å².